The molecule has 0 radical (unpaired) electrons. The van der Waals surface area contributed by atoms with Gasteiger partial charge in [-0.1, -0.05) is 6.58 Å². The van der Waals surface area contributed by atoms with Crippen molar-refractivity contribution in [3.63, 3.8) is 0 Å². The first kappa shape index (κ1) is 10.3. The van der Waals surface area contributed by atoms with Crippen molar-refractivity contribution in [3.05, 3.63) is 12.2 Å². The molecule has 2 saturated carbocycles. The summed E-state index contributed by atoms with van der Waals surface area (Å²) >= 11 is 0. The zero-order chi connectivity index (χ0) is 11.4. The van der Waals surface area contributed by atoms with Crippen molar-refractivity contribution in [2.45, 2.75) is 38.3 Å². The lowest BCUT2D eigenvalue weighted by atomic mass is 9.88. The molecule has 2 bridgehead atoms. The Labute approximate surface area is 94.2 Å². The van der Waals surface area contributed by atoms with Crippen LogP contribution >= 0.6 is 0 Å². The summed E-state index contributed by atoms with van der Waals surface area (Å²) in [6.45, 7) is 5.38. The van der Waals surface area contributed by atoms with Crippen molar-refractivity contribution in [1.29, 1.82) is 0 Å². The van der Waals surface area contributed by atoms with Gasteiger partial charge in [-0.3, -0.25) is 4.79 Å². The second kappa shape index (κ2) is 3.31. The highest BCUT2D eigenvalue weighted by atomic mass is 16.6. The zero-order valence-electron chi connectivity index (χ0n) is 9.26. The van der Waals surface area contributed by atoms with Gasteiger partial charge in [0.05, 0.1) is 5.92 Å². The molecule has 1 heterocycles. The Hall–Kier alpha value is -0.870. The van der Waals surface area contributed by atoms with Gasteiger partial charge in [0.25, 0.3) is 0 Å². The van der Waals surface area contributed by atoms with Crippen molar-refractivity contribution in [2.24, 2.45) is 17.8 Å². The number of rotatable bonds is 3. The van der Waals surface area contributed by atoms with E-state index in [2.05, 4.69) is 6.58 Å². The molecule has 0 aromatic heterocycles. The van der Waals surface area contributed by atoms with Crippen LogP contribution in [0.3, 0.4) is 0 Å². The first-order valence-corrected chi connectivity index (χ1v) is 5.77. The lowest BCUT2D eigenvalue weighted by Gasteiger charge is -2.27. The van der Waals surface area contributed by atoms with Crippen molar-refractivity contribution in [2.75, 3.05) is 0 Å². The molecule has 1 aliphatic heterocycles. The quantitative estimate of drug-likeness (QED) is 0.438. The van der Waals surface area contributed by atoms with Crippen molar-refractivity contribution < 1.29 is 19.4 Å². The summed E-state index contributed by atoms with van der Waals surface area (Å²) in [6, 6.07) is 0. The molecule has 1 saturated heterocycles. The van der Waals surface area contributed by atoms with E-state index >= 15 is 0 Å². The molecule has 3 rings (SSSR count). The van der Waals surface area contributed by atoms with E-state index in [1.54, 1.807) is 6.92 Å². The molecule has 2 aliphatic carbocycles. The van der Waals surface area contributed by atoms with Gasteiger partial charge in [-0.05, 0) is 31.3 Å². The van der Waals surface area contributed by atoms with Gasteiger partial charge >= 0.3 is 5.97 Å². The summed E-state index contributed by atoms with van der Waals surface area (Å²) in [5.74, 6) is 0.700. The second-order valence-electron chi connectivity index (χ2n) is 5.20. The van der Waals surface area contributed by atoms with Crippen LogP contribution in [0.5, 0.6) is 0 Å². The summed E-state index contributed by atoms with van der Waals surface area (Å²) in [5, 5.41) is 9.65. The molecular formula is C12H16O4. The molecule has 0 aromatic carbocycles. The molecule has 3 fully saturated rings. The van der Waals surface area contributed by atoms with Crippen LogP contribution in [0.4, 0.5) is 0 Å². The Balaban J connectivity index is 1.75. The molecule has 0 spiro atoms. The van der Waals surface area contributed by atoms with E-state index in [1.165, 1.54) is 0 Å². The molecule has 0 aromatic rings. The van der Waals surface area contributed by atoms with Crippen molar-refractivity contribution in [1.82, 2.24) is 0 Å². The van der Waals surface area contributed by atoms with E-state index in [1.807, 2.05) is 0 Å². The lowest BCUT2D eigenvalue weighted by molar-refractivity contribution is -0.165. The topological polar surface area (TPSA) is 55.8 Å². The van der Waals surface area contributed by atoms with Crippen molar-refractivity contribution in [3.8, 4) is 0 Å². The Bertz CT molecular complexity index is 351. The number of aliphatic hydroxyl groups excluding tert-OH is 1. The summed E-state index contributed by atoms with van der Waals surface area (Å²) in [5.41, 5.74) is 0.587. The molecule has 6 unspecified atom stereocenters. The van der Waals surface area contributed by atoms with Crippen LogP contribution in [0.2, 0.25) is 0 Å². The summed E-state index contributed by atoms with van der Waals surface area (Å²) in [7, 11) is 0. The fourth-order valence-corrected chi connectivity index (χ4v) is 3.35. The molecule has 3 aliphatic rings. The third kappa shape index (κ3) is 1.26. The Kier molecular flexibility index (Phi) is 2.13. The van der Waals surface area contributed by atoms with Gasteiger partial charge in [-0.15, -0.1) is 0 Å². The third-order valence-electron chi connectivity index (χ3n) is 4.12. The highest BCUT2D eigenvalue weighted by Gasteiger charge is 2.62. The van der Waals surface area contributed by atoms with Crippen LogP contribution in [0, 0.1) is 17.8 Å². The fourth-order valence-electron chi connectivity index (χ4n) is 3.35. The van der Waals surface area contributed by atoms with Gasteiger partial charge in [-0.2, -0.15) is 0 Å². The van der Waals surface area contributed by atoms with Gasteiger partial charge in [0.2, 0.25) is 0 Å². The predicted molar refractivity (Wildman–Crippen MR) is 55.3 cm³/mol. The molecular weight excluding hydrogens is 208 g/mol. The van der Waals surface area contributed by atoms with Crippen LogP contribution in [0.25, 0.3) is 0 Å². The number of esters is 1. The number of fused-ring (bicyclic) bond motifs is 1. The maximum atomic E-state index is 11.5. The highest BCUT2D eigenvalue weighted by molar-refractivity contribution is 5.76. The van der Waals surface area contributed by atoms with E-state index in [4.69, 9.17) is 9.47 Å². The van der Waals surface area contributed by atoms with E-state index in [-0.39, 0.29) is 24.1 Å². The minimum absolute atomic E-state index is 0.0755. The number of aliphatic hydroxyl groups is 1. The SMILES string of the molecule is C=C(C)C(O)OC1C2CC3C(=O)OC1C3C2. The summed E-state index contributed by atoms with van der Waals surface area (Å²) in [6.07, 6.45) is 0.633. The van der Waals surface area contributed by atoms with E-state index in [9.17, 15) is 9.90 Å². The van der Waals surface area contributed by atoms with E-state index in [0.717, 1.165) is 12.8 Å². The lowest BCUT2D eigenvalue weighted by Crippen LogP contribution is -2.37. The second-order valence-corrected chi connectivity index (χ2v) is 5.20. The number of hydrogen-bond acceptors (Lipinski definition) is 4. The number of ether oxygens (including phenoxy) is 2. The van der Waals surface area contributed by atoms with Gasteiger partial charge < -0.3 is 14.6 Å². The zero-order valence-corrected chi connectivity index (χ0v) is 9.26. The van der Waals surface area contributed by atoms with Gasteiger partial charge in [0.1, 0.15) is 12.2 Å². The van der Waals surface area contributed by atoms with E-state index in [0.29, 0.717) is 17.4 Å². The van der Waals surface area contributed by atoms with Gasteiger partial charge in [-0.25, -0.2) is 0 Å². The highest BCUT2D eigenvalue weighted by Crippen LogP contribution is 2.55. The number of hydrogen-bond donors (Lipinski definition) is 1. The minimum atomic E-state index is -0.942. The monoisotopic (exact) mass is 224 g/mol. The number of carbonyl (C=O) groups excluding carboxylic acids is 1. The molecule has 0 amide bonds. The van der Waals surface area contributed by atoms with Crippen molar-refractivity contribution >= 4 is 5.97 Å². The van der Waals surface area contributed by atoms with Gasteiger partial charge in [0, 0.05) is 5.92 Å². The molecule has 16 heavy (non-hydrogen) atoms. The third-order valence-corrected chi connectivity index (χ3v) is 4.12. The fraction of sp³-hybridized carbons (Fsp3) is 0.750. The molecule has 6 atom stereocenters. The van der Waals surface area contributed by atoms with Crippen LogP contribution in [-0.2, 0) is 14.3 Å². The molecule has 4 nitrogen and oxygen atoms in total. The Morgan fingerprint density at radius 3 is 3.06 bits per heavy atom. The first-order valence-electron chi connectivity index (χ1n) is 5.77. The Morgan fingerprint density at radius 2 is 2.38 bits per heavy atom. The van der Waals surface area contributed by atoms with E-state index < -0.39 is 6.29 Å². The largest absolute Gasteiger partial charge is 0.459 e. The molecule has 1 N–H and O–H groups in total. The summed E-state index contributed by atoms with van der Waals surface area (Å²) in [4.78, 5) is 11.5. The van der Waals surface area contributed by atoms with Crippen LogP contribution in [0.15, 0.2) is 12.2 Å². The molecule has 88 valence electrons. The van der Waals surface area contributed by atoms with Gasteiger partial charge in [0.15, 0.2) is 6.29 Å². The number of carbonyl (C=O) groups is 1. The van der Waals surface area contributed by atoms with Crippen LogP contribution < -0.4 is 0 Å². The Morgan fingerprint density at radius 1 is 1.62 bits per heavy atom. The maximum Gasteiger partial charge on any atom is 0.309 e. The van der Waals surface area contributed by atoms with Crippen LogP contribution in [-0.4, -0.2) is 29.6 Å². The maximum absolute atomic E-state index is 11.5. The summed E-state index contributed by atoms with van der Waals surface area (Å²) < 4.78 is 10.9. The average molecular weight is 224 g/mol. The standard InChI is InChI=1S/C12H16O4/c1-5(2)11(13)15-9-6-3-7-8(4-6)12(14)16-10(7)9/h6-11,13H,1,3-4H2,2H3. The predicted octanol–water partition coefficient (Wildman–Crippen LogP) is 0.847. The van der Waals surface area contributed by atoms with Crippen LogP contribution in [0.1, 0.15) is 19.8 Å². The average Bonchev–Trinajstić information content (AvgIpc) is 2.81. The first-order chi connectivity index (χ1) is 7.58. The molecule has 4 heteroatoms. The normalized spacial score (nSPS) is 45.9. The smallest absolute Gasteiger partial charge is 0.309 e. The minimum Gasteiger partial charge on any atom is -0.459 e.